The summed E-state index contributed by atoms with van der Waals surface area (Å²) < 4.78 is 25.1. The fourth-order valence-electron chi connectivity index (χ4n) is 4.02. The maximum Gasteiger partial charge on any atom is 0.266 e. The van der Waals surface area contributed by atoms with E-state index in [-0.39, 0.29) is 17.5 Å². The zero-order valence-corrected chi connectivity index (χ0v) is 19.1. The first-order valence-electron chi connectivity index (χ1n) is 9.75. The van der Waals surface area contributed by atoms with Crippen LogP contribution in [0.3, 0.4) is 0 Å². The van der Waals surface area contributed by atoms with Crippen LogP contribution in [0.5, 0.6) is 0 Å². The van der Waals surface area contributed by atoms with Crippen molar-refractivity contribution in [2.24, 2.45) is 10.7 Å². The molecular formula is C20H23ClN4O3S2. The minimum absolute atomic E-state index is 0.151. The standard InChI is InChI=1S/C20H23ClN4O3S2/c1-3-12-6-4-7-15(23-12)24-17(26)14-10-13(21)16(29-14)19(2)11-30(27,28)20(8-5-9-20)18(22)25-19/h4,6-7,10H,3,5,8-9,11H2,1-2H3,(H2,22,25)(H,23,24,26). The van der Waals surface area contributed by atoms with Crippen molar-refractivity contribution in [3.05, 3.63) is 44.7 Å². The molecule has 3 heterocycles. The number of sulfone groups is 1. The SMILES string of the molecule is CCc1cccc(NC(=O)c2cc(Cl)c(C3(C)CS(=O)(=O)C4(CCC4)C(N)=N3)s2)n1. The van der Waals surface area contributed by atoms with E-state index in [0.29, 0.717) is 33.4 Å². The summed E-state index contributed by atoms with van der Waals surface area (Å²) in [5.74, 6) is 0.0652. The Hall–Kier alpha value is -1.97. The van der Waals surface area contributed by atoms with Crippen molar-refractivity contribution in [2.45, 2.75) is 49.8 Å². The van der Waals surface area contributed by atoms with Crippen LogP contribution >= 0.6 is 22.9 Å². The average molecular weight is 467 g/mol. The monoisotopic (exact) mass is 466 g/mol. The Morgan fingerprint density at radius 1 is 1.37 bits per heavy atom. The van der Waals surface area contributed by atoms with Crippen LogP contribution in [-0.4, -0.2) is 35.6 Å². The maximum atomic E-state index is 13.1. The minimum atomic E-state index is -3.49. The van der Waals surface area contributed by atoms with E-state index in [1.807, 2.05) is 19.1 Å². The second kappa shape index (κ2) is 7.32. The molecule has 7 nitrogen and oxygen atoms in total. The Morgan fingerprint density at radius 2 is 2.10 bits per heavy atom. The number of carbonyl (C=O) groups is 1. The fraction of sp³-hybridized carbons (Fsp3) is 0.450. The third-order valence-electron chi connectivity index (χ3n) is 5.87. The molecule has 0 aromatic carbocycles. The normalized spacial score (nSPS) is 24.2. The number of anilines is 1. The predicted molar refractivity (Wildman–Crippen MR) is 120 cm³/mol. The number of aliphatic imine (C=N–C) groups is 1. The van der Waals surface area contributed by atoms with Crippen molar-refractivity contribution >= 4 is 50.3 Å². The van der Waals surface area contributed by atoms with Crippen molar-refractivity contribution in [2.75, 3.05) is 11.1 Å². The quantitative estimate of drug-likeness (QED) is 0.715. The molecule has 2 aromatic rings. The van der Waals surface area contributed by atoms with Crippen LogP contribution in [0.2, 0.25) is 5.02 Å². The van der Waals surface area contributed by atoms with Crippen LogP contribution in [0.4, 0.5) is 5.82 Å². The van der Waals surface area contributed by atoms with E-state index in [1.54, 1.807) is 13.0 Å². The van der Waals surface area contributed by atoms with Gasteiger partial charge in [-0.25, -0.2) is 13.4 Å². The van der Waals surface area contributed by atoms with Crippen molar-refractivity contribution in [3.8, 4) is 0 Å². The highest BCUT2D eigenvalue weighted by Crippen LogP contribution is 2.49. The predicted octanol–water partition coefficient (Wildman–Crippen LogP) is 3.53. The summed E-state index contributed by atoms with van der Waals surface area (Å²) in [6.07, 6.45) is 2.60. The molecule has 30 heavy (non-hydrogen) atoms. The molecule has 1 unspecified atom stereocenters. The van der Waals surface area contributed by atoms with Crippen molar-refractivity contribution in [1.29, 1.82) is 0 Å². The van der Waals surface area contributed by atoms with Crippen LogP contribution in [0.1, 0.15) is 53.4 Å². The molecule has 1 spiro atoms. The Balaban J connectivity index is 1.65. The lowest BCUT2D eigenvalue weighted by atomic mass is 9.82. The van der Waals surface area contributed by atoms with Gasteiger partial charge in [0, 0.05) is 5.69 Å². The van der Waals surface area contributed by atoms with Gasteiger partial charge in [-0.1, -0.05) is 24.6 Å². The number of amides is 1. The average Bonchev–Trinajstić information content (AvgIpc) is 3.02. The second-order valence-electron chi connectivity index (χ2n) is 7.99. The van der Waals surface area contributed by atoms with Gasteiger partial charge in [0.1, 0.15) is 21.9 Å². The number of nitrogens with two attached hydrogens (primary N) is 1. The summed E-state index contributed by atoms with van der Waals surface area (Å²) in [7, 11) is -3.49. The fourth-order valence-corrected chi connectivity index (χ4v) is 8.14. The molecule has 2 aromatic heterocycles. The molecule has 2 aliphatic rings. The molecule has 1 aliphatic carbocycles. The Labute approximate surface area is 184 Å². The molecule has 3 N–H and O–H groups in total. The van der Waals surface area contributed by atoms with Gasteiger partial charge in [0.15, 0.2) is 9.84 Å². The number of hydrogen-bond acceptors (Lipinski definition) is 7. The molecule has 10 heteroatoms. The molecule has 1 amide bonds. The number of thiophene rings is 1. The summed E-state index contributed by atoms with van der Waals surface area (Å²) in [6.45, 7) is 3.69. The van der Waals surface area contributed by atoms with E-state index in [9.17, 15) is 13.2 Å². The maximum absolute atomic E-state index is 13.1. The highest BCUT2D eigenvalue weighted by molar-refractivity contribution is 7.93. The van der Waals surface area contributed by atoms with Crippen LogP contribution in [0.25, 0.3) is 0 Å². The Morgan fingerprint density at radius 3 is 2.70 bits per heavy atom. The first kappa shape index (κ1) is 21.3. The highest BCUT2D eigenvalue weighted by atomic mass is 35.5. The molecule has 160 valence electrons. The summed E-state index contributed by atoms with van der Waals surface area (Å²) >= 11 is 7.56. The number of halogens is 1. The lowest BCUT2D eigenvalue weighted by Gasteiger charge is -2.46. The number of nitrogens with one attached hydrogen (secondary N) is 1. The number of carbonyl (C=O) groups excluding carboxylic acids is 1. The topological polar surface area (TPSA) is 115 Å². The molecule has 1 aliphatic heterocycles. The van der Waals surface area contributed by atoms with E-state index >= 15 is 0 Å². The van der Waals surface area contributed by atoms with Gasteiger partial charge in [0.05, 0.1) is 20.5 Å². The zero-order valence-electron chi connectivity index (χ0n) is 16.7. The van der Waals surface area contributed by atoms with Crippen molar-refractivity contribution in [3.63, 3.8) is 0 Å². The molecule has 1 atom stereocenters. The molecule has 0 radical (unpaired) electrons. The lowest BCUT2D eigenvalue weighted by Crippen LogP contribution is -2.61. The third-order valence-corrected chi connectivity index (χ3v) is 10.4. The van der Waals surface area contributed by atoms with Crippen LogP contribution in [0, 0.1) is 0 Å². The van der Waals surface area contributed by atoms with E-state index in [2.05, 4.69) is 15.3 Å². The number of aromatic nitrogens is 1. The first-order valence-corrected chi connectivity index (χ1v) is 12.6. The zero-order chi connectivity index (χ0) is 21.7. The number of aryl methyl sites for hydroxylation is 1. The molecular weight excluding hydrogens is 444 g/mol. The lowest BCUT2D eigenvalue weighted by molar-refractivity contribution is 0.103. The van der Waals surface area contributed by atoms with Gasteiger partial charge in [-0.3, -0.25) is 9.79 Å². The summed E-state index contributed by atoms with van der Waals surface area (Å²) in [5.41, 5.74) is 5.90. The molecule has 1 saturated carbocycles. The minimum Gasteiger partial charge on any atom is -0.386 e. The molecule has 0 bridgehead atoms. The van der Waals surface area contributed by atoms with Crippen molar-refractivity contribution < 1.29 is 13.2 Å². The number of pyridine rings is 1. The number of nitrogens with zero attached hydrogens (tertiary/aromatic N) is 2. The molecule has 1 fully saturated rings. The van der Waals surface area contributed by atoms with Gasteiger partial charge in [-0.2, -0.15) is 0 Å². The summed E-state index contributed by atoms with van der Waals surface area (Å²) in [6, 6.07) is 6.97. The van der Waals surface area contributed by atoms with E-state index in [1.165, 1.54) is 6.07 Å². The summed E-state index contributed by atoms with van der Waals surface area (Å²) in [4.78, 5) is 22.6. The molecule has 4 rings (SSSR count). The smallest absolute Gasteiger partial charge is 0.266 e. The Kier molecular flexibility index (Phi) is 5.19. The van der Waals surface area contributed by atoms with Gasteiger partial charge in [-0.15, -0.1) is 11.3 Å². The van der Waals surface area contributed by atoms with Gasteiger partial charge in [0.2, 0.25) is 0 Å². The number of rotatable bonds is 4. The number of hydrogen-bond donors (Lipinski definition) is 2. The van der Waals surface area contributed by atoms with Gasteiger partial charge in [0.25, 0.3) is 5.91 Å². The van der Waals surface area contributed by atoms with Gasteiger partial charge in [-0.05, 0) is 50.8 Å². The van der Waals surface area contributed by atoms with E-state index in [4.69, 9.17) is 17.3 Å². The number of amidine groups is 1. The first-order chi connectivity index (χ1) is 14.1. The van der Waals surface area contributed by atoms with E-state index in [0.717, 1.165) is 29.9 Å². The van der Waals surface area contributed by atoms with Crippen LogP contribution < -0.4 is 11.1 Å². The third kappa shape index (κ3) is 3.33. The largest absolute Gasteiger partial charge is 0.386 e. The van der Waals surface area contributed by atoms with Crippen LogP contribution in [-0.2, 0) is 21.8 Å². The summed E-state index contributed by atoms with van der Waals surface area (Å²) in [5, 5.41) is 3.07. The van der Waals surface area contributed by atoms with Gasteiger partial charge >= 0.3 is 0 Å². The molecule has 0 saturated heterocycles. The Bertz CT molecular complexity index is 1150. The second-order valence-corrected chi connectivity index (χ2v) is 11.7. The van der Waals surface area contributed by atoms with Gasteiger partial charge < -0.3 is 11.1 Å². The van der Waals surface area contributed by atoms with E-state index < -0.39 is 20.1 Å². The highest BCUT2D eigenvalue weighted by Gasteiger charge is 2.58. The van der Waals surface area contributed by atoms with Crippen molar-refractivity contribution in [1.82, 2.24) is 4.98 Å². The van der Waals surface area contributed by atoms with Crippen LogP contribution in [0.15, 0.2) is 29.3 Å².